The number of carbonyl (C=O) groups is 1. The highest BCUT2D eigenvalue weighted by molar-refractivity contribution is 5.81. The smallest absolute Gasteiger partial charge is 0.223 e. The Bertz CT molecular complexity index is 1380. The highest BCUT2D eigenvalue weighted by Crippen LogP contribution is 2.31. The lowest BCUT2D eigenvalue weighted by atomic mass is 9.87. The number of fused-ring (bicyclic) bond motifs is 2. The minimum Gasteiger partial charge on any atom is -0.349 e. The Hall–Kier alpha value is -3.44. The molecule has 190 valence electrons. The Labute approximate surface area is 218 Å². The molecule has 4 aromatic rings. The van der Waals surface area contributed by atoms with Gasteiger partial charge in [0.25, 0.3) is 0 Å². The van der Waals surface area contributed by atoms with Crippen LogP contribution in [0.15, 0.2) is 78.9 Å². The van der Waals surface area contributed by atoms with E-state index >= 15 is 0 Å². The quantitative estimate of drug-likeness (QED) is 0.344. The molecule has 0 spiro atoms. The Morgan fingerprint density at radius 2 is 1.65 bits per heavy atom. The number of hydrogen-bond donors (Lipinski definition) is 1. The van der Waals surface area contributed by atoms with Gasteiger partial charge in [-0.25, -0.2) is 4.39 Å². The first-order valence-corrected chi connectivity index (χ1v) is 13.6. The Kier molecular flexibility index (Phi) is 6.79. The molecule has 5 heteroatoms. The summed E-state index contributed by atoms with van der Waals surface area (Å²) >= 11 is 0. The van der Waals surface area contributed by atoms with E-state index in [0.717, 1.165) is 57.3 Å². The van der Waals surface area contributed by atoms with Crippen molar-refractivity contribution < 1.29 is 9.18 Å². The monoisotopic (exact) mass is 495 g/mol. The van der Waals surface area contributed by atoms with Crippen LogP contribution in [0.4, 0.5) is 4.39 Å². The molecule has 0 saturated carbocycles. The first-order valence-electron chi connectivity index (χ1n) is 13.6. The highest BCUT2D eigenvalue weighted by atomic mass is 19.1. The number of aromatic nitrogens is 1. The van der Waals surface area contributed by atoms with Crippen molar-refractivity contribution in [1.29, 1.82) is 0 Å². The maximum absolute atomic E-state index is 13.5. The molecule has 1 saturated heterocycles. The van der Waals surface area contributed by atoms with Crippen molar-refractivity contribution in [2.45, 2.75) is 51.2 Å². The van der Waals surface area contributed by atoms with Gasteiger partial charge in [-0.05, 0) is 91.5 Å². The number of nitrogens with one attached hydrogen (secondary N) is 1. The second kappa shape index (κ2) is 10.5. The third-order valence-corrected chi connectivity index (χ3v) is 8.18. The summed E-state index contributed by atoms with van der Waals surface area (Å²) in [7, 11) is 0. The van der Waals surface area contributed by atoms with Crippen LogP contribution in [-0.4, -0.2) is 28.5 Å². The van der Waals surface area contributed by atoms with E-state index < -0.39 is 0 Å². The minimum atomic E-state index is -0.207. The van der Waals surface area contributed by atoms with Gasteiger partial charge >= 0.3 is 0 Å². The van der Waals surface area contributed by atoms with E-state index in [-0.39, 0.29) is 23.7 Å². The Morgan fingerprint density at radius 3 is 2.49 bits per heavy atom. The number of piperidine rings is 1. The second-order valence-electron chi connectivity index (χ2n) is 10.6. The zero-order valence-electron chi connectivity index (χ0n) is 21.2. The van der Waals surface area contributed by atoms with E-state index in [9.17, 15) is 9.18 Å². The number of hydrogen-bond acceptors (Lipinski definition) is 2. The summed E-state index contributed by atoms with van der Waals surface area (Å²) in [5.41, 5.74) is 6.22. The molecule has 1 aromatic heterocycles. The SMILES string of the molecule is O=C(NC1CCCc2ccccc21)C1CCN(Cc2cc3ccccc3n2Cc2ccc(F)cc2)CC1. The van der Waals surface area contributed by atoms with E-state index in [1.807, 2.05) is 12.1 Å². The molecular weight excluding hydrogens is 461 g/mol. The lowest BCUT2D eigenvalue weighted by molar-refractivity contribution is -0.127. The van der Waals surface area contributed by atoms with Crippen LogP contribution in [0.2, 0.25) is 0 Å². The average molecular weight is 496 g/mol. The van der Waals surface area contributed by atoms with Crippen molar-refractivity contribution in [3.05, 3.63) is 107 Å². The molecule has 0 radical (unpaired) electrons. The number of nitrogens with zero attached hydrogens (tertiary/aromatic N) is 2. The summed E-state index contributed by atoms with van der Waals surface area (Å²) < 4.78 is 15.8. The fourth-order valence-corrected chi connectivity index (χ4v) is 6.13. The van der Waals surface area contributed by atoms with Crippen LogP contribution in [0.1, 0.15) is 54.1 Å². The zero-order chi connectivity index (χ0) is 25.2. The first kappa shape index (κ1) is 23.9. The van der Waals surface area contributed by atoms with Crippen LogP contribution in [0, 0.1) is 11.7 Å². The van der Waals surface area contributed by atoms with Gasteiger partial charge in [0, 0.05) is 30.2 Å². The molecule has 1 fully saturated rings. The molecule has 2 aliphatic rings. The number of halogens is 1. The molecular formula is C32H34FN3O. The van der Waals surface area contributed by atoms with Crippen molar-refractivity contribution in [1.82, 2.24) is 14.8 Å². The summed E-state index contributed by atoms with van der Waals surface area (Å²) in [6.45, 7) is 3.39. The van der Waals surface area contributed by atoms with Crippen LogP contribution in [0.5, 0.6) is 0 Å². The van der Waals surface area contributed by atoms with E-state index in [1.54, 1.807) is 0 Å². The van der Waals surface area contributed by atoms with Crippen LogP contribution < -0.4 is 5.32 Å². The lowest BCUT2D eigenvalue weighted by Gasteiger charge is -2.33. The normalized spacial score (nSPS) is 18.6. The largest absolute Gasteiger partial charge is 0.349 e. The summed E-state index contributed by atoms with van der Waals surface area (Å²) in [6, 6.07) is 26.2. The van der Waals surface area contributed by atoms with Crippen molar-refractivity contribution in [2.24, 2.45) is 5.92 Å². The summed E-state index contributed by atoms with van der Waals surface area (Å²) in [6.07, 6.45) is 5.04. The standard InChI is InChI=1S/C32H34FN3O/c33-27-14-12-23(13-15-27)21-36-28(20-26-7-2-4-11-31(26)36)22-35-18-16-25(17-19-35)32(37)34-30-10-5-8-24-6-1-3-9-29(24)30/h1-4,6-7,9,11-15,20,25,30H,5,8,10,16-19,21-22H2,(H,34,37). The number of amides is 1. The Balaban J connectivity index is 1.11. The summed E-state index contributed by atoms with van der Waals surface area (Å²) in [5.74, 6) is 0.0862. The van der Waals surface area contributed by atoms with Crippen molar-refractivity contribution >= 4 is 16.8 Å². The summed E-state index contributed by atoms with van der Waals surface area (Å²) in [5, 5.41) is 4.60. The molecule has 1 N–H and O–H groups in total. The van der Waals surface area contributed by atoms with Gasteiger partial charge < -0.3 is 9.88 Å². The van der Waals surface area contributed by atoms with E-state index in [4.69, 9.17) is 0 Å². The molecule has 1 aliphatic heterocycles. The fourth-order valence-electron chi connectivity index (χ4n) is 6.13. The fraction of sp³-hybridized carbons (Fsp3) is 0.344. The molecule has 3 aromatic carbocycles. The molecule has 37 heavy (non-hydrogen) atoms. The zero-order valence-corrected chi connectivity index (χ0v) is 21.2. The second-order valence-corrected chi connectivity index (χ2v) is 10.6. The number of likely N-dealkylation sites (tertiary alicyclic amines) is 1. The maximum Gasteiger partial charge on any atom is 0.223 e. The molecule has 6 rings (SSSR count). The van der Waals surface area contributed by atoms with Crippen LogP contribution in [0.25, 0.3) is 10.9 Å². The van der Waals surface area contributed by atoms with Crippen LogP contribution in [-0.2, 0) is 24.3 Å². The van der Waals surface area contributed by atoms with Gasteiger partial charge in [0.05, 0.1) is 6.04 Å². The molecule has 1 amide bonds. The molecule has 4 nitrogen and oxygen atoms in total. The highest BCUT2D eigenvalue weighted by Gasteiger charge is 2.29. The molecule has 1 atom stereocenters. The average Bonchev–Trinajstić information content (AvgIpc) is 3.27. The predicted octanol–water partition coefficient (Wildman–Crippen LogP) is 6.23. The van der Waals surface area contributed by atoms with E-state index in [1.165, 1.54) is 39.9 Å². The van der Waals surface area contributed by atoms with E-state index in [0.29, 0.717) is 6.54 Å². The predicted molar refractivity (Wildman–Crippen MR) is 146 cm³/mol. The molecule has 1 unspecified atom stereocenters. The van der Waals surface area contributed by atoms with Gasteiger partial charge in [-0.3, -0.25) is 9.69 Å². The topological polar surface area (TPSA) is 37.3 Å². The maximum atomic E-state index is 13.5. The third kappa shape index (κ3) is 5.19. The number of rotatable bonds is 6. The number of para-hydroxylation sites is 1. The van der Waals surface area contributed by atoms with Gasteiger partial charge in [0.2, 0.25) is 5.91 Å². The van der Waals surface area contributed by atoms with Gasteiger partial charge in [-0.1, -0.05) is 54.6 Å². The number of carbonyl (C=O) groups excluding carboxylic acids is 1. The summed E-state index contributed by atoms with van der Waals surface area (Å²) in [4.78, 5) is 15.6. The van der Waals surface area contributed by atoms with Crippen molar-refractivity contribution in [2.75, 3.05) is 13.1 Å². The van der Waals surface area contributed by atoms with Gasteiger partial charge in [-0.2, -0.15) is 0 Å². The van der Waals surface area contributed by atoms with Gasteiger partial charge in [-0.15, -0.1) is 0 Å². The van der Waals surface area contributed by atoms with Crippen LogP contribution >= 0.6 is 0 Å². The lowest BCUT2D eigenvalue weighted by Crippen LogP contribution is -2.42. The third-order valence-electron chi connectivity index (χ3n) is 8.18. The van der Waals surface area contributed by atoms with Crippen molar-refractivity contribution in [3.63, 3.8) is 0 Å². The van der Waals surface area contributed by atoms with Crippen molar-refractivity contribution in [3.8, 4) is 0 Å². The molecule has 0 bridgehead atoms. The van der Waals surface area contributed by atoms with Gasteiger partial charge in [0.15, 0.2) is 0 Å². The van der Waals surface area contributed by atoms with E-state index in [2.05, 4.69) is 69.4 Å². The first-order chi connectivity index (χ1) is 18.1. The van der Waals surface area contributed by atoms with Gasteiger partial charge in [0.1, 0.15) is 5.82 Å². The molecule has 2 heterocycles. The number of benzene rings is 3. The Morgan fingerprint density at radius 1 is 0.892 bits per heavy atom. The van der Waals surface area contributed by atoms with Crippen LogP contribution in [0.3, 0.4) is 0 Å². The minimum absolute atomic E-state index is 0.0791. The molecule has 1 aliphatic carbocycles. The number of aryl methyl sites for hydroxylation is 1.